The Hall–Kier alpha value is -0.370. The van der Waals surface area contributed by atoms with Gasteiger partial charge in [0.15, 0.2) is 5.96 Å². The normalized spacial score (nSPS) is 20.0. The van der Waals surface area contributed by atoms with Gasteiger partial charge in [-0.25, -0.2) is 4.98 Å². The second-order valence-corrected chi connectivity index (χ2v) is 8.71. The van der Waals surface area contributed by atoms with Crippen molar-refractivity contribution in [1.82, 2.24) is 15.2 Å². The third kappa shape index (κ3) is 5.08. The van der Waals surface area contributed by atoms with E-state index >= 15 is 0 Å². The van der Waals surface area contributed by atoms with Crippen LogP contribution in [0, 0.1) is 12.3 Å². The van der Waals surface area contributed by atoms with Crippen molar-refractivity contribution in [3.05, 3.63) is 15.6 Å². The van der Waals surface area contributed by atoms with Gasteiger partial charge in [-0.05, 0) is 38.0 Å². The lowest BCUT2D eigenvalue weighted by atomic mass is 9.73. The third-order valence-corrected chi connectivity index (χ3v) is 6.83. The zero-order chi connectivity index (χ0) is 17.0. The molecule has 4 nitrogen and oxygen atoms in total. The van der Waals surface area contributed by atoms with Gasteiger partial charge in [0.2, 0.25) is 0 Å². The quantitative estimate of drug-likeness (QED) is 0.398. The Morgan fingerprint density at radius 1 is 1.28 bits per heavy atom. The summed E-state index contributed by atoms with van der Waals surface area (Å²) in [5, 5.41) is 4.82. The first-order chi connectivity index (χ1) is 11.7. The van der Waals surface area contributed by atoms with E-state index in [0.29, 0.717) is 5.41 Å². The highest BCUT2D eigenvalue weighted by atomic mass is 127. The van der Waals surface area contributed by atoms with Gasteiger partial charge in [-0.15, -0.1) is 35.3 Å². The van der Waals surface area contributed by atoms with E-state index in [0.717, 1.165) is 31.9 Å². The topological polar surface area (TPSA) is 40.5 Å². The number of aliphatic imine (C=N–C) groups is 1. The molecule has 1 saturated carbocycles. The fourth-order valence-electron chi connectivity index (χ4n) is 4.36. The molecule has 1 N–H and O–H groups in total. The molecule has 2 aliphatic rings. The van der Waals surface area contributed by atoms with E-state index in [1.807, 2.05) is 18.4 Å². The minimum absolute atomic E-state index is 0. The number of guanidine groups is 1. The monoisotopic (exact) mass is 476 g/mol. The van der Waals surface area contributed by atoms with Crippen molar-refractivity contribution in [3.63, 3.8) is 0 Å². The lowest BCUT2D eigenvalue weighted by Crippen LogP contribution is -2.42. The van der Waals surface area contributed by atoms with E-state index in [9.17, 15) is 0 Å². The van der Waals surface area contributed by atoms with Crippen molar-refractivity contribution in [1.29, 1.82) is 0 Å². The summed E-state index contributed by atoms with van der Waals surface area (Å²) < 4.78 is 0. The summed E-state index contributed by atoms with van der Waals surface area (Å²) in [6, 6.07) is 0. The van der Waals surface area contributed by atoms with Crippen molar-refractivity contribution in [2.45, 2.75) is 65.2 Å². The largest absolute Gasteiger partial charge is 0.356 e. The van der Waals surface area contributed by atoms with Gasteiger partial charge < -0.3 is 10.2 Å². The lowest BCUT2D eigenvalue weighted by molar-refractivity contribution is 0.203. The summed E-state index contributed by atoms with van der Waals surface area (Å²) in [6.07, 6.45) is 10.5. The predicted molar refractivity (Wildman–Crippen MR) is 118 cm³/mol. The average molecular weight is 476 g/mol. The molecule has 6 heteroatoms. The highest BCUT2D eigenvalue weighted by Gasteiger charge is 2.39. The van der Waals surface area contributed by atoms with Gasteiger partial charge in [0.25, 0.3) is 0 Å². The molecule has 0 unspecified atom stereocenters. The Labute approximate surface area is 173 Å². The highest BCUT2D eigenvalue weighted by Crippen LogP contribution is 2.43. The Morgan fingerprint density at radius 3 is 2.68 bits per heavy atom. The summed E-state index contributed by atoms with van der Waals surface area (Å²) >= 11 is 1.84. The molecule has 1 aliphatic heterocycles. The number of thiazole rings is 1. The van der Waals surface area contributed by atoms with Gasteiger partial charge in [0.05, 0.1) is 10.7 Å². The molecule has 0 atom stereocenters. The van der Waals surface area contributed by atoms with Crippen LogP contribution in [-0.4, -0.2) is 42.5 Å². The second kappa shape index (κ2) is 9.53. The maximum Gasteiger partial charge on any atom is 0.193 e. The highest BCUT2D eigenvalue weighted by molar-refractivity contribution is 14.0. The molecular weight excluding hydrogens is 443 g/mol. The molecule has 1 aromatic heterocycles. The Morgan fingerprint density at radius 2 is 2.04 bits per heavy atom. The summed E-state index contributed by atoms with van der Waals surface area (Å²) in [7, 11) is 1.91. The molecule has 0 radical (unpaired) electrons. The van der Waals surface area contributed by atoms with E-state index in [-0.39, 0.29) is 24.0 Å². The van der Waals surface area contributed by atoms with E-state index in [2.05, 4.69) is 29.1 Å². The average Bonchev–Trinajstić information content (AvgIpc) is 3.16. The molecular formula is C19H33IN4S. The molecule has 3 rings (SSSR count). The van der Waals surface area contributed by atoms with Crippen LogP contribution in [0.2, 0.25) is 0 Å². The van der Waals surface area contributed by atoms with Gasteiger partial charge in [0.1, 0.15) is 0 Å². The molecule has 0 aromatic carbocycles. The predicted octanol–water partition coefficient (Wildman–Crippen LogP) is 4.41. The van der Waals surface area contributed by atoms with Crippen LogP contribution in [-0.2, 0) is 12.8 Å². The Bertz CT molecular complexity index is 578. The van der Waals surface area contributed by atoms with Crippen LogP contribution in [0.5, 0.6) is 0 Å². The van der Waals surface area contributed by atoms with E-state index in [1.165, 1.54) is 60.6 Å². The number of nitrogens with zero attached hydrogens (tertiary/aromatic N) is 3. The van der Waals surface area contributed by atoms with Gasteiger partial charge in [-0.3, -0.25) is 4.99 Å². The lowest BCUT2D eigenvalue weighted by Gasteiger charge is -2.33. The minimum atomic E-state index is 0. The van der Waals surface area contributed by atoms with Crippen molar-refractivity contribution in [3.8, 4) is 0 Å². The molecule has 0 bridgehead atoms. The van der Waals surface area contributed by atoms with Crippen LogP contribution in [0.25, 0.3) is 0 Å². The molecule has 1 spiro atoms. The third-order valence-electron chi connectivity index (χ3n) is 5.76. The molecule has 0 amide bonds. The summed E-state index contributed by atoms with van der Waals surface area (Å²) in [6.45, 7) is 7.64. The first kappa shape index (κ1) is 20.9. The van der Waals surface area contributed by atoms with Crippen LogP contribution in [0.3, 0.4) is 0 Å². The standard InChI is InChI=1S/C19H32N4S.HI/c1-4-16-15(2)24-17(22-16)8-12-21-18(20-3)23-13-11-19(14-23)9-6-5-7-10-19;/h4-14H2,1-3H3,(H,20,21);1H. The van der Waals surface area contributed by atoms with Crippen LogP contribution in [0.15, 0.2) is 4.99 Å². The Balaban J connectivity index is 0.00000225. The van der Waals surface area contributed by atoms with Gasteiger partial charge in [-0.1, -0.05) is 26.2 Å². The molecule has 1 saturated heterocycles. The summed E-state index contributed by atoms with van der Waals surface area (Å²) in [4.78, 5) is 13.1. The van der Waals surface area contributed by atoms with Gasteiger partial charge in [0, 0.05) is 38.0 Å². The molecule has 2 heterocycles. The first-order valence-corrected chi connectivity index (χ1v) is 10.4. The molecule has 142 valence electrons. The number of aryl methyl sites for hydroxylation is 2. The fourth-order valence-corrected chi connectivity index (χ4v) is 5.38. The van der Waals surface area contributed by atoms with Crippen molar-refractivity contribution in [2.24, 2.45) is 10.4 Å². The molecule has 25 heavy (non-hydrogen) atoms. The molecule has 2 fully saturated rings. The first-order valence-electron chi connectivity index (χ1n) is 9.56. The SMILES string of the molecule is CCc1nc(CCNC(=NC)N2CCC3(CCCCC3)C2)sc1C.I. The van der Waals surface area contributed by atoms with Crippen molar-refractivity contribution in [2.75, 3.05) is 26.7 Å². The van der Waals surface area contributed by atoms with Crippen LogP contribution in [0.4, 0.5) is 0 Å². The van der Waals surface area contributed by atoms with Crippen LogP contribution in [0.1, 0.15) is 61.0 Å². The zero-order valence-corrected chi connectivity index (χ0v) is 19.1. The van der Waals surface area contributed by atoms with E-state index in [4.69, 9.17) is 4.98 Å². The van der Waals surface area contributed by atoms with E-state index < -0.39 is 0 Å². The summed E-state index contributed by atoms with van der Waals surface area (Å²) in [5.74, 6) is 1.08. The summed E-state index contributed by atoms with van der Waals surface area (Å²) in [5.41, 5.74) is 1.84. The van der Waals surface area contributed by atoms with Gasteiger partial charge in [-0.2, -0.15) is 0 Å². The van der Waals surface area contributed by atoms with Gasteiger partial charge >= 0.3 is 0 Å². The van der Waals surface area contributed by atoms with Crippen molar-refractivity contribution >= 4 is 41.3 Å². The van der Waals surface area contributed by atoms with Crippen LogP contribution >= 0.6 is 35.3 Å². The minimum Gasteiger partial charge on any atom is -0.356 e. The number of aromatic nitrogens is 1. The number of rotatable bonds is 4. The molecule has 1 aliphatic carbocycles. The van der Waals surface area contributed by atoms with Crippen molar-refractivity contribution < 1.29 is 0 Å². The number of halogens is 1. The zero-order valence-electron chi connectivity index (χ0n) is 15.9. The number of hydrogen-bond donors (Lipinski definition) is 1. The number of likely N-dealkylation sites (tertiary alicyclic amines) is 1. The number of hydrogen-bond acceptors (Lipinski definition) is 3. The number of nitrogens with one attached hydrogen (secondary N) is 1. The van der Waals surface area contributed by atoms with E-state index in [1.54, 1.807) is 0 Å². The van der Waals surface area contributed by atoms with Crippen LogP contribution < -0.4 is 5.32 Å². The maximum absolute atomic E-state index is 4.74. The fraction of sp³-hybridized carbons (Fsp3) is 0.789. The Kier molecular flexibility index (Phi) is 7.98. The maximum atomic E-state index is 4.74. The second-order valence-electron chi connectivity index (χ2n) is 7.42. The molecule has 1 aromatic rings. The smallest absolute Gasteiger partial charge is 0.193 e.